The maximum atomic E-state index is 12.0. The molecule has 0 amide bonds. The van der Waals surface area contributed by atoms with Gasteiger partial charge in [0.15, 0.2) is 0 Å². The summed E-state index contributed by atoms with van der Waals surface area (Å²) in [6.07, 6.45) is -0.196. The fourth-order valence-electron chi connectivity index (χ4n) is 1.13. The number of halogens is 4. The van der Waals surface area contributed by atoms with Gasteiger partial charge in [-0.05, 0) is 55.6 Å². The molecule has 0 fully saturated rings. The van der Waals surface area contributed by atoms with Crippen molar-refractivity contribution in [2.75, 3.05) is 6.61 Å². The molecule has 1 aromatic rings. The van der Waals surface area contributed by atoms with Gasteiger partial charge in [-0.25, -0.2) is 13.6 Å². The molecular formula is C11H8Br2F2O3. The summed E-state index contributed by atoms with van der Waals surface area (Å²) in [6, 6.07) is 3.15. The highest BCUT2D eigenvalue weighted by Gasteiger charge is 2.11. The molecule has 1 rings (SSSR count). The van der Waals surface area contributed by atoms with Crippen LogP contribution in [-0.2, 0) is 4.79 Å². The van der Waals surface area contributed by atoms with Crippen LogP contribution in [-0.4, -0.2) is 24.1 Å². The lowest BCUT2D eigenvalue weighted by Gasteiger charge is -2.10. The first-order valence-corrected chi connectivity index (χ1v) is 6.29. The summed E-state index contributed by atoms with van der Waals surface area (Å²) in [5, 5.41) is 8.50. The lowest BCUT2D eigenvalue weighted by Crippen LogP contribution is -2.07. The van der Waals surface area contributed by atoms with Gasteiger partial charge >= 0.3 is 5.97 Å². The molecule has 0 atom stereocenters. The second-order valence-electron chi connectivity index (χ2n) is 3.19. The Morgan fingerprint density at radius 2 is 1.94 bits per heavy atom. The van der Waals surface area contributed by atoms with Crippen LogP contribution in [0, 0.1) is 0 Å². The molecule has 0 saturated carbocycles. The normalized spacial score (nSPS) is 11.2. The number of carboxylic acid groups (broad SMARTS) is 1. The Morgan fingerprint density at radius 1 is 1.39 bits per heavy atom. The fraction of sp³-hybridized carbons (Fsp3) is 0.182. The van der Waals surface area contributed by atoms with Gasteiger partial charge in [0, 0.05) is 6.08 Å². The van der Waals surface area contributed by atoms with E-state index < -0.39 is 19.0 Å². The predicted octanol–water partition coefficient (Wildman–Crippen LogP) is 3.95. The minimum absolute atomic E-state index is 0.253. The van der Waals surface area contributed by atoms with Gasteiger partial charge < -0.3 is 9.84 Å². The average molecular weight is 386 g/mol. The van der Waals surface area contributed by atoms with Crippen LogP contribution in [0.3, 0.4) is 0 Å². The third-order valence-corrected chi connectivity index (χ3v) is 2.97. The van der Waals surface area contributed by atoms with Gasteiger partial charge in [0.05, 0.1) is 8.95 Å². The monoisotopic (exact) mass is 384 g/mol. The largest absolute Gasteiger partial charge is 0.485 e. The Balaban J connectivity index is 2.93. The van der Waals surface area contributed by atoms with Crippen molar-refractivity contribution in [1.82, 2.24) is 0 Å². The van der Waals surface area contributed by atoms with Crippen molar-refractivity contribution in [3.05, 3.63) is 32.7 Å². The summed E-state index contributed by atoms with van der Waals surface area (Å²) in [7, 11) is 0. The molecule has 0 heterocycles. The first kappa shape index (κ1) is 15.1. The number of ether oxygens (including phenoxy) is 1. The molecule has 0 saturated heterocycles. The second kappa shape index (κ2) is 6.84. The molecule has 1 N–H and O–H groups in total. The maximum absolute atomic E-state index is 12.0. The first-order chi connectivity index (χ1) is 8.40. The summed E-state index contributed by atoms with van der Waals surface area (Å²) in [6.45, 7) is -0.707. The molecule has 0 radical (unpaired) electrons. The van der Waals surface area contributed by atoms with Gasteiger partial charge in [0.1, 0.15) is 12.4 Å². The van der Waals surface area contributed by atoms with Crippen molar-refractivity contribution < 1.29 is 23.4 Å². The van der Waals surface area contributed by atoms with E-state index in [0.717, 1.165) is 6.08 Å². The van der Waals surface area contributed by atoms with Crippen LogP contribution in [0.5, 0.6) is 5.75 Å². The molecule has 0 aliphatic rings. The minimum Gasteiger partial charge on any atom is -0.485 e. The Kier molecular flexibility index (Phi) is 5.74. The van der Waals surface area contributed by atoms with Crippen LogP contribution in [0.1, 0.15) is 5.56 Å². The van der Waals surface area contributed by atoms with E-state index in [0.29, 0.717) is 14.5 Å². The van der Waals surface area contributed by atoms with Gasteiger partial charge in [-0.15, -0.1) is 0 Å². The van der Waals surface area contributed by atoms with E-state index >= 15 is 0 Å². The molecular weight excluding hydrogens is 378 g/mol. The first-order valence-electron chi connectivity index (χ1n) is 4.71. The fourth-order valence-corrected chi connectivity index (χ4v) is 2.58. The Bertz CT molecular complexity index is 452. The van der Waals surface area contributed by atoms with Crippen LogP contribution >= 0.6 is 31.9 Å². The number of aliphatic carboxylic acids is 1. The van der Waals surface area contributed by atoms with Crippen molar-refractivity contribution in [2.24, 2.45) is 0 Å². The zero-order chi connectivity index (χ0) is 13.7. The SMILES string of the molecule is O=C(O)/C=C/c1cc(Br)c(OCC(F)F)c(Br)c1. The standard InChI is InChI=1S/C11H8Br2F2O3/c12-7-3-6(1-2-10(16)17)4-8(13)11(7)18-5-9(14)15/h1-4,9H,5H2,(H,16,17)/b2-1+. The topological polar surface area (TPSA) is 46.5 Å². The Morgan fingerprint density at radius 3 is 2.39 bits per heavy atom. The van der Waals surface area contributed by atoms with E-state index in [4.69, 9.17) is 9.84 Å². The van der Waals surface area contributed by atoms with Crippen molar-refractivity contribution in [3.8, 4) is 5.75 Å². The number of carbonyl (C=O) groups is 1. The molecule has 98 valence electrons. The lowest BCUT2D eigenvalue weighted by atomic mass is 10.2. The Hall–Kier alpha value is -0.950. The van der Waals surface area contributed by atoms with E-state index in [9.17, 15) is 13.6 Å². The van der Waals surface area contributed by atoms with Gasteiger partial charge in [-0.1, -0.05) is 0 Å². The van der Waals surface area contributed by atoms with Crippen LogP contribution in [0.25, 0.3) is 6.08 Å². The summed E-state index contributed by atoms with van der Waals surface area (Å²) < 4.78 is 29.9. The number of hydrogen-bond donors (Lipinski definition) is 1. The van der Waals surface area contributed by atoms with Gasteiger partial charge in [0.2, 0.25) is 0 Å². The molecule has 0 bridgehead atoms. The minimum atomic E-state index is -2.56. The van der Waals surface area contributed by atoms with Crippen molar-refractivity contribution in [3.63, 3.8) is 0 Å². The molecule has 0 aliphatic heterocycles. The van der Waals surface area contributed by atoms with Crippen LogP contribution < -0.4 is 4.74 Å². The summed E-state index contributed by atoms with van der Waals surface area (Å²) in [5.41, 5.74) is 0.598. The number of carboxylic acids is 1. The Labute approximate surface area is 119 Å². The summed E-state index contributed by atoms with van der Waals surface area (Å²) in [5.74, 6) is -0.817. The zero-order valence-corrected chi connectivity index (χ0v) is 12.0. The third kappa shape index (κ3) is 4.73. The molecule has 1 aromatic carbocycles. The number of hydrogen-bond acceptors (Lipinski definition) is 2. The maximum Gasteiger partial charge on any atom is 0.328 e. The highest BCUT2D eigenvalue weighted by molar-refractivity contribution is 9.11. The number of alkyl halides is 2. The summed E-state index contributed by atoms with van der Waals surface area (Å²) in [4.78, 5) is 10.4. The number of benzene rings is 1. The lowest BCUT2D eigenvalue weighted by molar-refractivity contribution is -0.131. The van der Waals surface area contributed by atoms with Crippen molar-refractivity contribution in [1.29, 1.82) is 0 Å². The van der Waals surface area contributed by atoms with E-state index in [1.54, 1.807) is 12.1 Å². The van der Waals surface area contributed by atoms with Crippen molar-refractivity contribution >= 4 is 43.9 Å². The molecule has 0 aromatic heterocycles. The predicted molar refractivity (Wildman–Crippen MR) is 70.0 cm³/mol. The van der Waals surface area contributed by atoms with Gasteiger partial charge in [0.25, 0.3) is 6.43 Å². The molecule has 3 nitrogen and oxygen atoms in total. The van der Waals surface area contributed by atoms with Crippen LogP contribution in [0.2, 0.25) is 0 Å². The smallest absolute Gasteiger partial charge is 0.328 e. The highest BCUT2D eigenvalue weighted by Crippen LogP contribution is 2.35. The van der Waals surface area contributed by atoms with E-state index in [2.05, 4.69) is 31.9 Å². The molecule has 7 heteroatoms. The van der Waals surface area contributed by atoms with Gasteiger partial charge in [-0.2, -0.15) is 0 Å². The van der Waals surface area contributed by atoms with E-state index in [1.807, 2.05) is 0 Å². The second-order valence-corrected chi connectivity index (χ2v) is 4.90. The summed E-state index contributed by atoms with van der Waals surface area (Å²) >= 11 is 6.35. The molecule has 18 heavy (non-hydrogen) atoms. The molecule has 0 unspecified atom stereocenters. The third-order valence-electron chi connectivity index (χ3n) is 1.79. The average Bonchev–Trinajstić information content (AvgIpc) is 2.24. The van der Waals surface area contributed by atoms with E-state index in [1.165, 1.54) is 6.08 Å². The van der Waals surface area contributed by atoms with Crippen molar-refractivity contribution in [2.45, 2.75) is 6.43 Å². The molecule has 0 spiro atoms. The highest BCUT2D eigenvalue weighted by atomic mass is 79.9. The van der Waals surface area contributed by atoms with Crippen LogP contribution in [0.4, 0.5) is 8.78 Å². The van der Waals surface area contributed by atoms with E-state index in [-0.39, 0.29) is 5.75 Å². The zero-order valence-electron chi connectivity index (χ0n) is 8.87. The van der Waals surface area contributed by atoms with Crippen LogP contribution in [0.15, 0.2) is 27.2 Å². The molecule has 0 aliphatic carbocycles. The van der Waals surface area contributed by atoms with Gasteiger partial charge in [-0.3, -0.25) is 0 Å². The number of rotatable bonds is 5. The quantitative estimate of drug-likeness (QED) is 0.780.